The van der Waals surface area contributed by atoms with Crippen molar-refractivity contribution in [2.45, 2.75) is 49.5 Å². The molecule has 0 spiro atoms. The van der Waals surface area contributed by atoms with Crippen molar-refractivity contribution in [1.29, 1.82) is 0 Å². The van der Waals surface area contributed by atoms with Gasteiger partial charge in [-0.15, -0.1) is 0 Å². The number of aliphatic hydroxyl groups excluding tert-OH is 1. The van der Waals surface area contributed by atoms with Gasteiger partial charge < -0.3 is 10.8 Å². The molecule has 1 unspecified atom stereocenters. The van der Waals surface area contributed by atoms with E-state index in [1.807, 2.05) is 6.07 Å². The molecule has 0 saturated carbocycles. The zero-order valence-electron chi connectivity index (χ0n) is 17.1. The van der Waals surface area contributed by atoms with Crippen LogP contribution in [-0.2, 0) is 16.3 Å². The predicted octanol–water partition coefficient (Wildman–Crippen LogP) is 2.56. The van der Waals surface area contributed by atoms with E-state index in [0.29, 0.717) is 16.8 Å². The first-order valence-corrected chi connectivity index (χ1v) is 12.7. The van der Waals surface area contributed by atoms with Crippen molar-refractivity contribution in [2.75, 3.05) is 12.4 Å². The van der Waals surface area contributed by atoms with E-state index in [0.717, 1.165) is 36.1 Å². The average Bonchev–Trinajstić information content (AvgIpc) is 3.19. The van der Waals surface area contributed by atoms with E-state index in [9.17, 15) is 18.3 Å². The van der Waals surface area contributed by atoms with Gasteiger partial charge in [0.05, 0.1) is 5.75 Å². The molecular formula is C21H24N4O4S2. The van der Waals surface area contributed by atoms with Crippen molar-refractivity contribution in [3.05, 3.63) is 46.2 Å². The molecule has 4 rings (SSSR count). The van der Waals surface area contributed by atoms with Crippen LogP contribution in [0.5, 0.6) is 0 Å². The summed E-state index contributed by atoms with van der Waals surface area (Å²) < 4.78 is 24.2. The van der Waals surface area contributed by atoms with E-state index in [4.69, 9.17) is 10.7 Å². The number of pyridine rings is 2. The van der Waals surface area contributed by atoms with Crippen LogP contribution in [0.1, 0.15) is 64.6 Å². The Morgan fingerprint density at radius 3 is 2.81 bits per heavy atom. The summed E-state index contributed by atoms with van der Waals surface area (Å²) in [6, 6.07) is 5.32. The fraction of sp³-hybridized carbons (Fsp3) is 0.429. The third kappa shape index (κ3) is 4.19. The SMILES string of the molecule is CCS(=O)(=O)c1ccc([C@H](CCO)C2CCCc3cc4nc(C(N)=O)sc4nc32)cn1. The minimum atomic E-state index is -3.37. The highest BCUT2D eigenvalue weighted by molar-refractivity contribution is 7.91. The first-order valence-electron chi connectivity index (χ1n) is 10.2. The van der Waals surface area contributed by atoms with Crippen LogP contribution in [0.2, 0.25) is 0 Å². The Bertz CT molecular complexity index is 1220. The van der Waals surface area contributed by atoms with E-state index in [1.54, 1.807) is 25.3 Å². The molecule has 0 aliphatic heterocycles. The first-order chi connectivity index (χ1) is 14.8. The Morgan fingerprint density at radius 1 is 1.35 bits per heavy atom. The third-order valence-corrected chi connectivity index (χ3v) is 8.45. The standard InChI is InChI=1S/C21H24N4O4S2/c1-2-31(28,29)17-7-6-13(11-23-17)14(8-9-26)15-5-3-4-12-10-16-20(25-18(12)15)30-21(24-16)19(22)27/h6-7,10-11,14-15,26H,2-5,8-9H2,1H3,(H2,22,27)/t14-,15?/m0/s1. The van der Waals surface area contributed by atoms with E-state index in [2.05, 4.69) is 9.97 Å². The lowest BCUT2D eigenvalue weighted by Crippen LogP contribution is -2.20. The van der Waals surface area contributed by atoms with Gasteiger partial charge in [0.15, 0.2) is 19.9 Å². The van der Waals surface area contributed by atoms with Crippen LogP contribution in [0.25, 0.3) is 10.3 Å². The quantitative estimate of drug-likeness (QED) is 0.553. The smallest absolute Gasteiger partial charge is 0.277 e. The lowest BCUT2D eigenvalue weighted by Gasteiger charge is -2.31. The Labute approximate surface area is 184 Å². The normalized spacial score (nSPS) is 17.4. The van der Waals surface area contributed by atoms with Gasteiger partial charge in [0.1, 0.15) is 10.3 Å². The number of nitrogens with two attached hydrogens (primary N) is 1. The number of thiazole rings is 1. The highest BCUT2D eigenvalue weighted by Gasteiger charge is 2.31. The first kappa shape index (κ1) is 21.8. The second kappa shape index (κ2) is 8.60. The third-order valence-electron chi connectivity index (χ3n) is 5.83. The maximum Gasteiger partial charge on any atom is 0.277 e. The van der Waals surface area contributed by atoms with Gasteiger partial charge in [-0.3, -0.25) is 4.79 Å². The average molecular weight is 461 g/mol. The highest BCUT2D eigenvalue weighted by atomic mass is 32.2. The number of aliphatic hydroxyl groups is 1. The van der Waals surface area contributed by atoms with Gasteiger partial charge >= 0.3 is 0 Å². The predicted molar refractivity (Wildman–Crippen MR) is 118 cm³/mol. The van der Waals surface area contributed by atoms with Gasteiger partial charge in [-0.25, -0.2) is 23.4 Å². The molecule has 164 valence electrons. The molecule has 0 bridgehead atoms. The van der Waals surface area contributed by atoms with Crippen molar-refractivity contribution in [3.63, 3.8) is 0 Å². The summed E-state index contributed by atoms with van der Waals surface area (Å²) >= 11 is 1.18. The van der Waals surface area contributed by atoms with Crippen LogP contribution in [0, 0.1) is 0 Å². The van der Waals surface area contributed by atoms with Gasteiger partial charge in [0.2, 0.25) is 0 Å². The molecule has 0 radical (unpaired) electrons. The second-order valence-electron chi connectivity index (χ2n) is 7.69. The number of rotatable bonds is 7. The van der Waals surface area contributed by atoms with Gasteiger partial charge in [-0.1, -0.05) is 24.3 Å². The lowest BCUT2D eigenvalue weighted by molar-refractivity contribution is 0.1000. The molecule has 2 atom stereocenters. The largest absolute Gasteiger partial charge is 0.396 e. The monoisotopic (exact) mass is 460 g/mol. The number of aromatic nitrogens is 3. The summed E-state index contributed by atoms with van der Waals surface area (Å²) in [7, 11) is -3.37. The molecule has 0 fully saturated rings. The number of amides is 1. The minimum absolute atomic E-state index is 0.000134. The zero-order chi connectivity index (χ0) is 22.2. The molecule has 1 aliphatic carbocycles. The molecule has 3 aromatic heterocycles. The molecule has 8 nitrogen and oxygen atoms in total. The summed E-state index contributed by atoms with van der Waals surface area (Å²) in [6.07, 6.45) is 4.85. The fourth-order valence-electron chi connectivity index (χ4n) is 4.27. The number of hydrogen-bond acceptors (Lipinski definition) is 8. The number of sulfone groups is 1. The molecule has 0 aromatic carbocycles. The van der Waals surface area contributed by atoms with E-state index in [-0.39, 0.29) is 34.2 Å². The maximum atomic E-state index is 12.1. The van der Waals surface area contributed by atoms with Crippen LogP contribution < -0.4 is 5.73 Å². The number of aryl methyl sites for hydroxylation is 1. The summed E-state index contributed by atoms with van der Waals surface area (Å²) in [6.45, 7) is 1.59. The number of hydrogen-bond donors (Lipinski definition) is 2. The topological polar surface area (TPSA) is 136 Å². The Hall–Kier alpha value is -2.43. The Balaban J connectivity index is 1.74. The number of nitrogens with zero attached hydrogens (tertiary/aromatic N) is 3. The van der Waals surface area contributed by atoms with Crippen LogP contribution in [0.3, 0.4) is 0 Å². The molecule has 0 saturated heterocycles. The maximum absolute atomic E-state index is 12.1. The summed E-state index contributed by atoms with van der Waals surface area (Å²) in [5.41, 5.74) is 8.97. The molecule has 1 amide bonds. The second-order valence-corrected chi connectivity index (χ2v) is 10.9. The van der Waals surface area contributed by atoms with E-state index in [1.165, 1.54) is 11.3 Å². The minimum Gasteiger partial charge on any atom is -0.396 e. The number of carbonyl (C=O) groups is 1. The van der Waals surface area contributed by atoms with Crippen molar-refractivity contribution >= 4 is 37.4 Å². The fourth-order valence-corrected chi connectivity index (χ4v) is 5.83. The van der Waals surface area contributed by atoms with Crippen molar-refractivity contribution in [2.24, 2.45) is 5.73 Å². The molecule has 31 heavy (non-hydrogen) atoms. The summed E-state index contributed by atoms with van der Waals surface area (Å²) in [5, 5.41) is 10.0. The summed E-state index contributed by atoms with van der Waals surface area (Å²) in [5.74, 6) is -0.570. The van der Waals surface area contributed by atoms with Crippen LogP contribution in [-0.4, -0.2) is 46.7 Å². The molecule has 3 aromatic rings. The molecule has 1 aliphatic rings. The van der Waals surface area contributed by atoms with Gasteiger partial charge in [0, 0.05) is 24.4 Å². The molecule has 10 heteroatoms. The Kier molecular flexibility index (Phi) is 6.05. The number of primary amides is 1. The highest BCUT2D eigenvalue weighted by Crippen LogP contribution is 2.43. The molecular weight excluding hydrogens is 436 g/mol. The molecule has 3 N–H and O–H groups in total. The van der Waals surface area contributed by atoms with Crippen LogP contribution in [0.4, 0.5) is 0 Å². The van der Waals surface area contributed by atoms with Gasteiger partial charge in [-0.2, -0.15) is 0 Å². The van der Waals surface area contributed by atoms with Crippen LogP contribution >= 0.6 is 11.3 Å². The number of carbonyl (C=O) groups excluding carboxylic acids is 1. The summed E-state index contributed by atoms with van der Waals surface area (Å²) in [4.78, 5) is 25.5. The van der Waals surface area contributed by atoms with Crippen molar-refractivity contribution in [1.82, 2.24) is 15.0 Å². The van der Waals surface area contributed by atoms with Gasteiger partial charge in [-0.05, 0) is 54.9 Å². The lowest BCUT2D eigenvalue weighted by atomic mass is 9.75. The van der Waals surface area contributed by atoms with Crippen molar-refractivity contribution in [3.8, 4) is 0 Å². The number of fused-ring (bicyclic) bond motifs is 2. The van der Waals surface area contributed by atoms with Gasteiger partial charge in [0.25, 0.3) is 5.91 Å². The molecule has 3 heterocycles. The van der Waals surface area contributed by atoms with Crippen molar-refractivity contribution < 1.29 is 18.3 Å². The van der Waals surface area contributed by atoms with E-state index < -0.39 is 15.7 Å². The zero-order valence-corrected chi connectivity index (χ0v) is 18.7. The van der Waals surface area contributed by atoms with E-state index >= 15 is 0 Å². The van der Waals surface area contributed by atoms with Crippen LogP contribution in [0.15, 0.2) is 29.4 Å². The Morgan fingerprint density at radius 2 is 2.16 bits per heavy atom.